The predicted molar refractivity (Wildman–Crippen MR) is 162 cm³/mol. The second-order valence-corrected chi connectivity index (χ2v) is 10.3. The molecule has 5 N–H and O–H groups in total. The molecule has 2 aromatic rings. The van der Waals surface area contributed by atoms with E-state index in [1.54, 1.807) is 19.1 Å². The van der Waals surface area contributed by atoms with Crippen molar-refractivity contribution in [3.05, 3.63) is 104 Å². The normalized spacial score (nSPS) is 16.3. The van der Waals surface area contributed by atoms with Crippen LogP contribution in [-0.4, -0.2) is 39.0 Å². The summed E-state index contributed by atoms with van der Waals surface area (Å²) in [6.07, 6.45) is 9.07. The maximum absolute atomic E-state index is 12.3. The van der Waals surface area contributed by atoms with E-state index < -0.39 is 5.97 Å². The zero-order valence-corrected chi connectivity index (χ0v) is 25.0. The van der Waals surface area contributed by atoms with Gasteiger partial charge in [-0.05, 0) is 80.5 Å². The molecule has 0 unspecified atom stereocenters. The van der Waals surface area contributed by atoms with Crippen molar-refractivity contribution in [3.63, 3.8) is 0 Å². The summed E-state index contributed by atoms with van der Waals surface area (Å²) in [5.74, 6) is -1.17. The van der Waals surface area contributed by atoms with Gasteiger partial charge in [0, 0.05) is 58.0 Å². The highest BCUT2D eigenvalue weighted by atomic mass is 16.4. The zero-order valence-electron chi connectivity index (χ0n) is 25.0. The van der Waals surface area contributed by atoms with Crippen molar-refractivity contribution in [3.8, 4) is 0 Å². The largest absolute Gasteiger partial charge is 0.481 e. The lowest BCUT2D eigenvalue weighted by molar-refractivity contribution is -0.191. The van der Waals surface area contributed by atoms with E-state index in [1.807, 2.05) is 26.0 Å². The molecular weight excluding hydrogens is 548 g/mol. The molecule has 10 nitrogen and oxygen atoms in total. The molecule has 224 valence electrons. The monoisotopic (exact) mass is 584 g/mol. The number of aromatic amines is 2. The Morgan fingerprint density at radius 1 is 0.814 bits per heavy atom. The Morgan fingerprint density at radius 3 is 1.84 bits per heavy atom. The molecular formula is C33H36N4O6. The molecule has 4 rings (SSSR count). The summed E-state index contributed by atoms with van der Waals surface area (Å²) in [5.41, 5.74) is 12.0. The highest BCUT2D eigenvalue weighted by Crippen LogP contribution is 2.31. The van der Waals surface area contributed by atoms with Gasteiger partial charge in [-0.2, -0.15) is 9.59 Å². The summed E-state index contributed by atoms with van der Waals surface area (Å²) in [4.78, 5) is 59.3. The molecule has 0 fully saturated rings. The minimum Gasteiger partial charge on any atom is -0.481 e. The molecule has 0 spiro atoms. The number of nitrogens with one attached hydrogen (secondary N) is 4. The Kier molecular flexibility index (Phi) is 10.2. The standard InChI is InChI=1S/C32H36N4O4.CO2/c1-8-20-16(4)25(14-28-21(9-2)19(7)31(39)36-28)33-27(20)15-29-23(11-12-30(37)38)18(6)24(34-29)13-26-17(5)22(10-3)32(40)35-26;2-1-3/h9-10,13-14,33-34H,2-3,8,11-12,15H2,1,4-7H3,(H,35,40)(H,36,39)(H,37,38);/b26-13-,28-14-;. The Hall–Kier alpha value is -5.21. The predicted octanol–water partition coefficient (Wildman–Crippen LogP) is 4.49. The average Bonchev–Trinajstić information content (AvgIpc) is 3.60. The number of hydrogen-bond acceptors (Lipinski definition) is 5. The quantitative estimate of drug-likeness (QED) is 0.276. The van der Waals surface area contributed by atoms with E-state index in [4.69, 9.17) is 9.59 Å². The molecule has 0 aromatic carbocycles. The van der Waals surface area contributed by atoms with Crippen LogP contribution in [0.1, 0.15) is 72.2 Å². The fourth-order valence-electron chi connectivity index (χ4n) is 5.52. The van der Waals surface area contributed by atoms with Crippen molar-refractivity contribution in [1.82, 2.24) is 20.6 Å². The molecule has 0 atom stereocenters. The Morgan fingerprint density at radius 2 is 1.33 bits per heavy atom. The molecule has 10 heteroatoms. The van der Waals surface area contributed by atoms with E-state index in [0.717, 1.165) is 57.0 Å². The Balaban J connectivity index is 0.00000162. The van der Waals surface area contributed by atoms with Crippen LogP contribution in [-0.2, 0) is 43.2 Å². The number of carbonyl (C=O) groups is 3. The maximum atomic E-state index is 12.3. The summed E-state index contributed by atoms with van der Waals surface area (Å²) in [5, 5.41) is 15.2. The highest BCUT2D eigenvalue weighted by Gasteiger charge is 2.25. The highest BCUT2D eigenvalue weighted by molar-refractivity contribution is 6.03. The van der Waals surface area contributed by atoms with E-state index in [0.29, 0.717) is 35.4 Å². The number of carboxylic acid groups (broad SMARTS) is 1. The number of carbonyl (C=O) groups excluding carboxylic acids is 4. The molecule has 43 heavy (non-hydrogen) atoms. The smallest absolute Gasteiger partial charge is 0.373 e. The van der Waals surface area contributed by atoms with Crippen LogP contribution >= 0.6 is 0 Å². The summed E-state index contributed by atoms with van der Waals surface area (Å²) < 4.78 is 0. The van der Waals surface area contributed by atoms with Gasteiger partial charge in [-0.25, -0.2) is 0 Å². The number of aromatic nitrogens is 2. The fraction of sp³-hybridized carbons (Fsp3) is 0.273. The third kappa shape index (κ3) is 6.66. The average molecular weight is 585 g/mol. The van der Waals surface area contributed by atoms with Crippen LogP contribution in [0, 0.1) is 13.8 Å². The summed E-state index contributed by atoms with van der Waals surface area (Å²) in [6, 6.07) is 0. The van der Waals surface area contributed by atoms with Gasteiger partial charge < -0.3 is 25.7 Å². The first kappa shape index (κ1) is 32.3. The SMILES string of the molecule is C=CC1=C(C)/C(=C/c2[nH]c(Cc3[nH]c(/C=C4\NC(=O)C(C)=C4C=C)c(C)c3CC)c(CCC(=O)O)c2C)NC1=O.O=C=O. The third-order valence-corrected chi connectivity index (χ3v) is 7.88. The van der Waals surface area contributed by atoms with E-state index in [2.05, 4.69) is 47.6 Å². The molecule has 0 saturated carbocycles. The molecule has 2 amide bonds. The van der Waals surface area contributed by atoms with Gasteiger partial charge in [0.15, 0.2) is 0 Å². The third-order valence-electron chi connectivity index (χ3n) is 7.88. The summed E-state index contributed by atoms with van der Waals surface area (Å²) >= 11 is 0. The summed E-state index contributed by atoms with van der Waals surface area (Å²) in [7, 11) is 0. The van der Waals surface area contributed by atoms with Gasteiger partial charge >= 0.3 is 12.1 Å². The van der Waals surface area contributed by atoms with E-state index in [1.165, 1.54) is 5.56 Å². The van der Waals surface area contributed by atoms with Gasteiger partial charge in [0.2, 0.25) is 0 Å². The van der Waals surface area contributed by atoms with Gasteiger partial charge in [0.1, 0.15) is 0 Å². The number of amides is 2. The van der Waals surface area contributed by atoms with Crippen LogP contribution in [0.5, 0.6) is 0 Å². The van der Waals surface area contributed by atoms with Crippen molar-refractivity contribution >= 4 is 36.1 Å². The van der Waals surface area contributed by atoms with Crippen LogP contribution in [0.25, 0.3) is 12.2 Å². The Bertz CT molecular complexity index is 1680. The maximum Gasteiger partial charge on any atom is 0.373 e. The van der Waals surface area contributed by atoms with Crippen molar-refractivity contribution in [2.24, 2.45) is 0 Å². The van der Waals surface area contributed by atoms with Crippen LogP contribution in [0.15, 0.2) is 59.0 Å². The van der Waals surface area contributed by atoms with Crippen LogP contribution in [0.3, 0.4) is 0 Å². The number of aliphatic carboxylic acids is 1. The van der Waals surface area contributed by atoms with Crippen LogP contribution in [0.2, 0.25) is 0 Å². The number of allylic oxidation sites excluding steroid dienone is 2. The van der Waals surface area contributed by atoms with Crippen molar-refractivity contribution in [1.29, 1.82) is 0 Å². The molecule has 0 aliphatic carbocycles. The molecule has 0 radical (unpaired) electrons. The molecule has 2 aliphatic heterocycles. The Labute approximate surface area is 250 Å². The summed E-state index contributed by atoms with van der Waals surface area (Å²) in [6.45, 7) is 17.4. The van der Waals surface area contributed by atoms with Gasteiger partial charge in [0.25, 0.3) is 11.8 Å². The first-order valence-electron chi connectivity index (χ1n) is 13.8. The minimum atomic E-state index is -0.859. The molecule has 0 saturated heterocycles. The van der Waals surface area contributed by atoms with Gasteiger partial charge in [0.05, 0.1) is 5.70 Å². The van der Waals surface area contributed by atoms with Gasteiger partial charge in [-0.15, -0.1) is 0 Å². The second kappa shape index (κ2) is 13.6. The van der Waals surface area contributed by atoms with E-state index in [-0.39, 0.29) is 24.4 Å². The van der Waals surface area contributed by atoms with Gasteiger partial charge in [-0.3, -0.25) is 14.4 Å². The number of H-pyrrole nitrogens is 2. The van der Waals surface area contributed by atoms with Crippen LogP contribution < -0.4 is 10.6 Å². The van der Waals surface area contributed by atoms with E-state index in [9.17, 15) is 19.5 Å². The molecule has 0 bridgehead atoms. The lowest BCUT2D eigenvalue weighted by Gasteiger charge is -2.06. The first-order chi connectivity index (χ1) is 20.4. The molecule has 2 aliphatic rings. The van der Waals surface area contributed by atoms with Crippen molar-refractivity contribution < 1.29 is 29.1 Å². The minimum absolute atomic E-state index is 0.00936. The van der Waals surface area contributed by atoms with Crippen molar-refractivity contribution in [2.45, 2.75) is 60.3 Å². The van der Waals surface area contributed by atoms with E-state index >= 15 is 0 Å². The number of carboxylic acids is 1. The van der Waals surface area contributed by atoms with Crippen molar-refractivity contribution in [2.75, 3.05) is 0 Å². The molecule has 4 heterocycles. The lowest BCUT2D eigenvalue weighted by atomic mass is 9.99. The molecule has 2 aromatic heterocycles. The van der Waals surface area contributed by atoms with Crippen LogP contribution in [0.4, 0.5) is 0 Å². The lowest BCUT2D eigenvalue weighted by Crippen LogP contribution is -2.15. The topological polar surface area (TPSA) is 161 Å². The van der Waals surface area contributed by atoms with Gasteiger partial charge in [-0.1, -0.05) is 32.2 Å². The first-order valence-corrected chi connectivity index (χ1v) is 13.8. The fourth-order valence-corrected chi connectivity index (χ4v) is 5.52. The number of rotatable bonds is 10. The number of hydrogen-bond donors (Lipinski definition) is 5. The zero-order chi connectivity index (χ0) is 32.0. The second-order valence-electron chi connectivity index (χ2n) is 10.3.